The fourth-order valence-corrected chi connectivity index (χ4v) is 3.00. The number of rotatable bonds is 7. The molecule has 2 atom stereocenters. The molecule has 0 unspecified atom stereocenters. The van der Waals surface area contributed by atoms with E-state index >= 15 is 0 Å². The van der Waals surface area contributed by atoms with Crippen LogP contribution in [0.3, 0.4) is 0 Å². The molecule has 5 heteroatoms. The Morgan fingerprint density at radius 2 is 2.33 bits per heavy atom. The van der Waals surface area contributed by atoms with Gasteiger partial charge in [-0.2, -0.15) is 0 Å². The van der Waals surface area contributed by atoms with Crippen LogP contribution in [0.5, 0.6) is 0 Å². The van der Waals surface area contributed by atoms with Gasteiger partial charge in [-0.3, -0.25) is 4.79 Å². The van der Waals surface area contributed by atoms with E-state index in [1.807, 2.05) is 31.2 Å². The third kappa shape index (κ3) is 5.41. The number of ether oxygens (including phenoxy) is 2. The number of hydrogen-bond donors (Lipinski definition) is 1. The molecule has 1 heterocycles. The van der Waals surface area contributed by atoms with E-state index in [9.17, 15) is 4.79 Å². The van der Waals surface area contributed by atoms with Gasteiger partial charge in [0.25, 0.3) is 0 Å². The molecule has 1 aromatic carbocycles. The normalized spacial score (nSPS) is 19.4. The Bertz CT molecular complexity index is 461. The predicted octanol–water partition coefficient (Wildman–Crippen LogP) is 3.21. The first-order chi connectivity index (χ1) is 10.2. The molecule has 21 heavy (non-hydrogen) atoms. The number of halogens is 1. The Labute approximate surface area is 134 Å². The van der Waals surface area contributed by atoms with Crippen LogP contribution in [0, 0.1) is 0 Å². The number of benzene rings is 1. The maximum absolute atomic E-state index is 11.9. The average molecular weight is 356 g/mol. The van der Waals surface area contributed by atoms with Gasteiger partial charge < -0.3 is 14.8 Å². The molecule has 1 aromatic rings. The van der Waals surface area contributed by atoms with Gasteiger partial charge in [0.1, 0.15) is 0 Å². The van der Waals surface area contributed by atoms with E-state index in [-0.39, 0.29) is 18.1 Å². The van der Waals surface area contributed by atoms with Gasteiger partial charge in [0, 0.05) is 17.5 Å². The van der Waals surface area contributed by atoms with Gasteiger partial charge >= 0.3 is 0 Å². The van der Waals surface area contributed by atoms with Crippen molar-refractivity contribution in [2.45, 2.75) is 38.3 Å². The van der Waals surface area contributed by atoms with Crippen molar-refractivity contribution in [1.29, 1.82) is 0 Å². The van der Waals surface area contributed by atoms with Crippen LogP contribution in [-0.4, -0.2) is 31.8 Å². The summed E-state index contributed by atoms with van der Waals surface area (Å²) in [6.45, 7) is 3.84. The molecule has 0 aromatic heterocycles. The van der Waals surface area contributed by atoms with Crippen molar-refractivity contribution in [2.24, 2.45) is 0 Å². The van der Waals surface area contributed by atoms with E-state index in [1.54, 1.807) is 0 Å². The van der Waals surface area contributed by atoms with Crippen molar-refractivity contribution in [2.75, 3.05) is 19.8 Å². The molecule has 4 nitrogen and oxygen atoms in total. The minimum atomic E-state index is -0.0220. The molecule has 1 N–H and O–H groups in total. The van der Waals surface area contributed by atoms with Gasteiger partial charge in [0.15, 0.2) is 0 Å². The number of carbonyl (C=O) groups excluding carboxylic acids is 1. The van der Waals surface area contributed by atoms with Crippen LogP contribution >= 0.6 is 15.9 Å². The molecular weight excluding hydrogens is 334 g/mol. The highest BCUT2D eigenvalue weighted by atomic mass is 79.9. The highest BCUT2D eigenvalue weighted by Gasteiger charge is 2.16. The molecule has 1 aliphatic heterocycles. The van der Waals surface area contributed by atoms with Crippen molar-refractivity contribution in [1.82, 2.24) is 5.32 Å². The van der Waals surface area contributed by atoms with E-state index < -0.39 is 0 Å². The number of amides is 1. The lowest BCUT2D eigenvalue weighted by Gasteiger charge is -2.16. The Morgan fingerprint density at radius 3 is 3.05 bits per heavy atom. The summed E-state index contributed by atoms with van der Waals surface area (Å²) in [7, 11) is 0. The lowest BCUT2D eigenvalue weighted by molar-refractivity contribution is -0.123. The van der Waals surface area contributed by atoms with Crippen molar-refractivity contribution in [3.63, 3.8) is 0 Å². The SMILES string of the molecule is C[C@@H](NC(=O)CCOC[C@@H]1CCCO1)c1ccccc1Br. The van der Waals surface area contributed by atoms with Gasteiger partial charge in [-0.15, -0.1) is 0 Å². The van der Waals surface area contributed by atoms with E-state index in [4.69, 9.17) is 9.47 Å². The Morgan fingerprint density at radius 1 is 1.52 bits per heavy atom. The molecule has 2 rings (SSSR count). The lowest BCUT2D eigenvalue weighted by Crippen LogP contribution is -2.28. The fourth-order valence-electron chi connectivity index (χ4n) is 2.37. The number of carbonyl (C=O) groups is 1. The maximum atomic E-state index is 11.9. The van der Waals surface area contributed by atoms with Gasteiger partial charge in [0.05, 0.1) is 25.4 Å². The number of hydrogen-bond acceptors (Lipinski definition) is 3. The second-order valence-electron chi connectivity index (χ2n) is 5.27. The molecule has 0 bridgehead atoms. The zero-order valence-corrected chi connectivity index (χ0v) is 13.9. The summed E-state index contributed by atoms with van der Waals surface area (Å²) < 4.78 is 12.0. The smallest absolute Gasteiger partial charge is 0.222 e. The Kier molecular flexibility index (Phi) is 6.67. The summed E-state index contributed by atoms with van der Waals surface area (Å²) in [5.74, 6) is 0.00518. The predicted molar refractivity (Wildman–Crippen MR) is 85.1 cm³/mol. The Balaban J connectivity index is 1.65. The van der Waals surface area contributed by atoms with Gasteiger partial charge in [-0.25, -0.2) is 0 Å². The molecule has 0 radical (unpaired) electrons. The summed E-state index contributed by atoms with van der Waals surface area (Å²) in [4.78, 5) is 11.9. The lowest BCUT2D eigenvalue weighted by atomic mass is 10.1. The van der Waals surface area contributed by atoms with Gasteiger partial charge in [-0.1, -0.05) is 34.1 Å². The first-order valence-electron chi connectivity index (χ1n) is 7.40. The number of nitrogens with one attached hydrogen (secondary N) is 1. The van der Waals surface area contributed by atoms with Crippen molar-refractivity contribution >= 4 is 21.8 Å². The first-order valence-corrected chi connectivity index (χ1v) is 8.19. The monoisotopic (exact) mass is 355 g/mol. The molecule has 1 fully saturated rings. The Hall–Kier alpha value is -0.910. The third-order valence-electron chi connectivity index (χ3n) is 3.55. The zero-order valence-electron chi connectivity index (χ0n) is 12.3. The van der Waals surface area contributed by atoms with Crippen LogP contribution in [0.15, 0.2) is 28.7 Å². The van der Waals surface area contributed by atoms with Crippen LogP contribution in [0.1, 0.15) is 37.8 Å². The van der Waals surface area contributed by atoms with Crippen LogP contribution < -0.4 is 5.32 Å². The minimum absolute atomic E-state index is 0.00518. The van der Waals surface area contributed by atoms with Crippen LogP contribution in [0.25, 0.3) is 0 Å². The molecule has 1 aliphatic rings. The van der Waals surface area contributed by atoms with Crippen LogP contribution in [-0.2, 0) is 14.3 Å². The molecule has 0 saturated carbocycles. The highest BCUT2D eigenvalue weighted by molar-refractivity contribution is 9.10. The first kappa shape index (κ1) is 16.5. The van der Waals surface area contributed by atoms with Crippen molar-refractivity contribution in [3.8, 4) is 0 Å². The third-order valence-corrected chi connectivity index (χ3v) is 4.27. The summed E-state index contributed by atoms with van der Waals surface area (Å²) in [5.41, 5.74) is 1.08. The van der Waals surface area contributed by atoms with Crippen molar-refractivity contribution < 1.29 is 14.3 Å². The van der Waals surface area contributed by atoms with Gasteiger partial charge in [-0.05, 0) is 31.4 Å². The largest absolute Gasteiger partial charge is 0.378 e. The van der Waals surface area contributed by atoms with Gasteiger partial charge in [0.2, 0.25) is 5.91 Å². The zero-order chi connectivity index (χ0) is 15.1. The van der Waals surface area contributed by atoms with Crippen LogP contribution in [0.4, 0.5) is 0 Å². The molecule has 0 spiro atoms. The molecule has 1 saturated heterocycles. The summed E-state index contributed by atoms with van der Waals surface area (Å²) in [5, 5.41) is 2.99. The second kappa shape index (κ2) is 8.51. The summed E-state index contributed by atoms with van der Waals surface area (Å²) >= 11 is 3.50. The van der Waals surface area contributed by atoms with E-state index in [0.717, 1.165) is 29.5 Å². The van der Waals surface area contributed by atoms with Crippen molar-refractivity contribution in [3.05, 3.63) is 34.3 Å². The molecule has 1 amide bonds. The van der Waals surface area contributed by atoms with E-state index in [1.165, 1.54) is 0 Å². The second-order valence-corrected chi connectivity index (χ2v) is 6.12. The quantitative estimate of drug-likeness (QED) is 0.764. The summed E-state index contributed by atoms with van der Waals surface area (Å²) in [6, 6.07) is 7.88. The average Bonchev–Trinajstić information content (AvgIpc) is 2.97. The summed E-state index contributed by atoms with van der Waals surface area (Å²) in [6.07, 6.45) is 2.76. The fraction of sp³-hybridized carbons (Fsp3) is 0.562. The topological polar surface area (TPSA) is 47.6 Å². The molecular formula is C16H22BrNO3. The standard InChI is InChI=1S/C16H22BrNO3/c1-12(14-6-2-3-7-15(14)17)18-16(19)8-10-20-11-13-5-4-9-21-13/h2-3,6-7,12-13H,4-5,8-11H2,1H3,(H,18,19)/t12-,13+/m1/s1. The highest BCUT2D eigenvalue weighted by Crippen LogP contribution is 2.22. The molecule has 116 valence electrons. The molecule has 0 aliphatic carbocycles. The van der Waals surface area contributed by atoms with E-state index in [0.29, 0.717) is 19.6 Å². The van der Waals surface area contributed by atoms with Crippen LogP contribution in [0.2, 0.25) is 0 Å². The van der Waals surface area contributed by atoms with E-state index in [2.05, 4.69) is 21.2 Å². The minimum Gasteiger partial charge on any atom is -0.378 e. The maximum Gasteiger partial charge on any atom is 0.222 e.